The number of aromatic nitrogens is 3. The first-order valence-corrected chi connectivity index (χ1v) is 5.77. The number of hydrogen-bond acceptors (Lipinski definition) is 6. The molecule has 0 saturated carbocycles. The lowest BCUT2D eigenvalue weighted by Crippen LogP contribution is -2.07. The molecule has 112 valence electrons. The second-order valence-corrected chi connectivity index (χ2v) is 4.03. The molecule has 0 fully saturated rings. The van der Waals surface area contributed by atoms with Crippen LogP contribution in [0.3, 0.4) is 0 Å². The summed E-state index contributed by atoms with van der Waals surface area (Å²) in [6, 6.07) is 3.63. The van der Waals surface area contributed by atoms with Crippen molar-refractivity contribution in [1.82, 2.24) is 14.8 Å². The van der Waals surface area contributed by atoms with E-state index >= 15 is 0 Å². The van der Waals surface area contributed by atoms with E-state index in [1.54, 1.807) is 11.6 Å². The van der Waals surface area contributed by atoms with Crippen LogP contribution in [0.25, 0.3) is 0 Å². The maximum atomic E-state index is 12.3. The molecule has 0 radical (unpaired) electrons. The largest absolute Gasteiger partial charge is 0.427 e. The minimum absolute atomic E-state index is 0.280. The van der Waals surface area contributed by atoms with Gasteiger partial charge in [-0.25, -0.2) is 0 Å². The van der Waals surface area contributed by atoms with E-state index in [0.717, 1.165) is 12.1 Å². The number of rotatable bonds is 6. The fraction of sp³-hybridized carbons (Fsp3) is 0.273. The quantitative estimate of drug-likeness (QED) is 0.647. The van der Waals surface area contributed by atoms with Crippen molar-refractivity contribution >= 4 is 11.4 Å². The predicted molar refractivity (Wildman–Crippen MR) is 68.1 cm³/mol. The zero-order valence-electron chi connectivity index (χ0n) is 10.9. The standard InChI is InChI=1S/C11H11F2N5O3/c1-17-6-15-16-10(17)5-14-7-2-3-8(18(19)20)9(4-7)21-11(12)13/h2-4,6,11,14H,5H2,1H3. The minimum atomic E-state index is -3.14. The molecular weight excluding hydrogens is 288 g/mol. The highest BCUT2D eigenvalue weighted by molar-refractivity contribution is 5.58. The van der Waals surface area contributed by atoms with Gasteiger partial charge in [-0.05, 0) is 6.07 Å². The maximum Gasteiger partial charge on any atom is 0.387 e. The van der Waals surface area contributed by atoms with Gasteiger partial charge in [-0.3, -0.25) is 10.1 Å². The summed E-state index contributed by atoms with van der Waals surface area (Å²) < 4.78 is 30.4. The first kappa shape index (κ1) is 14.6. The first-order chi connectivity index (χ1) is 9.97. The molecule has 2 aromatic rings. The molecule has 1 heterocycles. The third kappa shape index (κ3) is 3.61. The number of alkyl halides is 2. The van der Waals surface area contributed by atoms with Crippen molar-refractivity contribution in [3.63, 3.8) is 0 Å². The highest BCUT2D eigenvalue weighted by atomic mass is 19.3. The van der Waals surface area contributed by atoms with Crippen LogP contribution in [-0.2, 0) is 13.6 Å². The number of anilines is 1. The Bertz CT molecular complexity index is 647. The normalized spacial score (nSPS) is 10.7. The Labute approximate surface area is 117 Å². The molecule has 0 bridgehead atoms. The van der Waals surface area contributed by atoms with Gasteiger partial charge in [0.1, 0.15) is 6.33 Å². The van der Waals surface area contributed by atoms with Crippen molar-refractivity contribution in [2.75, 3.05) is 5.32 Å². The lowest BCUT2D eigenvalue weighted by atomic mass is 10.2. The van der Waals surface area contributed by atoms with E-state index < -0.39 is 23.0 Å². The van der Waals surface area contributed by atoms with Crippen molar-refractivity contribution in [3.8, 4) is 5.75 Å². The van der Waals surface area contributed by atoms with Crippen molar-refractivity contribution in [1.29, 1.82) is 0 Å². The molecule has 0 aliphatic heterocycles. The van der Waals surface area contributed by atoms with Gasteiger partial charge in [0, 0.05) is 24.9 Å². The van der Waals surface area contributed by atoms with Crippen LogP contribution in [0.5, 0.6) is 5.75 Å². The zero-order valence-corrected chi connectivity index (χ0v) is 10.9. The maximum absolute atomic E-state index is 12.3. The highest BCUT2D eigenvalue weighted by Gasteiger charge is 2.19. The van der Waals surface area contributed by atoms with Gasteiger partial charge < -0.3 is 14.6 Å². The van der Waals surface area contributed by atoms with E-state index in [0.29, 0.717) is 11.5 Å². The van der Waals surface area contributed by atoms with Gasteiger partial charge in [0.05, 0.1) is 11.5 Å². The molecule has 0 atom stereocenters. The first-order valence-electron chi connectivity index (χ1n) is 5.77. The number of ether oxygens (including phenoxy) is 1. The molecule has 0 unspecified atom stereocenters. The Morgan fingerprint density at radius 3 is 2.86 bits per heavy atom. The van der Waals surface area contributed by atoms with Crippen LogP contribution in [-0.4, -0.2) is 26.3 Å². The van der Waals surface area contributed by atoms with E-state index in [9.17, 15) is 18.9 Å². The summed E-state index contributed by atoms with van der Waals surface area (Å²) in [5.41, 5.74) is -0.140. The lowest BCUT2D eigenvalue weighted by Gasteiger charge is -2.09. The molecule has 1 aromatic carbocycles. The third-order valence-electron chi connectivity index (χ3n) is 2.63. The van der Waals surface area contributed by atoms with Crippen LogP contribution < -0.4 is 10.1 Å². The summed E-state index contributed by atoms with van der Waals surface area (Å²) in [6.45, 7) is -2.86. The molecule has 0 aliphatic carbocycles. The van der Waals surface area contributed by atoms with E-state index in [-0.39, 0.29) is 6.54 Å². The average molecular weight is 299 g/mol. The van der Waals surface area contributed by atoms with Gasteiger partial charge in [-0.2, -0.15) is 8.78 Å². The number of aryl methyl sites for hydroxylation is 1. The third-order valence-corrected chi connectivity index (χ3v) is 2.63. The molecular formula is C11H11F2N5O3. The summed E-state index contributed by atoms with van der Waals surface area (Å²) in [5, 5.41) is 21.2. The average Bonchev–Trinajstić information content (AvgIpc) is 2.81. The van der Waals surface area contributed by atoms with Gasteiger partial charge >= 0.3 is 12.3 Å². The molecule has 0 spiro atoms. The Balaban J connectivity index is 2.17. The molecule has 1 N–H and O–H groups in total. The van der Waals surface area contributed by atoms with E-state index in [4.69, 9.17) is 0 Å². The molecule has 21 heavy (non-hydrogen) atoms. The fourth-order valence-electron chi connectivity index (χ4n) is 1.61. The summed E-state index contributed by atoms with van der Waals surface area (Å²) in [4.78, 5) is 9.95. The van der Waals surface area contributed by atoms with Crippen LogP contribution in [0.4, 0.5) is 20.2 Å². The van der Waals surface area contributed by atoms with Crippen molar-refractivity contribution < 1.29 is 18.4 Å². The summed E-state index contributed by atoms with van der Waals surface area (Å²) >= 11 is 0. The molecule has 0 amide bonds. The molecule has 8 nitrogen and oxygen atoms in total. The summed E-state index contributed by atoms with van der Waals surface area (Å²) in [6.07, 6.45) is 1.51. The van der Waals surface area contributed by atoms with E-state index in [2.05, 4.69) is 20.3 Å². The number of hydrogen-bond donors (Lipinski definition) is 1. The second kappa shape index (κ2) is 6.11. The Morgan fingerprint density at radius 1 is 1.52 bits per heavy atom. The lowest BCUT2D eigenvalue weighted by molar-refractivity contribution is -0.386. The molecule has 1 aromatic heterocycles. The summed E-state index contributed by atoms with van der Waals surface area (Å²) in [7, 11) is 1.75. The van der Waals surface area contributed by atoms with Gasteiger partial charge in [0.15, 0.2) is 5.82 Å². The molecule has 10 heteroatoms. The van der Waals surface area contributed by atoms with E-state index in [1.807, 2.05) is 0 Å². The molecule has 0 saturated heterocycles. The van der Waals surface area contributed by atoms with Gasteiger partial charge in [-0.1, -0.05) is 0 Å². The Morgan fingerprint density at radius 2 is 2.29 bits per heavy atom. The Kier molecular flexibility index (Phi) is 4.26. The van der Waals surface area contributed by atoms with Crippen LogP contribution in [0, 0.1) is 10.1 Å². The summed E-state index contributed by atoms with van der Waals surface area (Å²) in [5.74, 6) is 0.114. The van der Waals surface area contributed by atoms with E-state index in [1.165, 1.54) is 12.4 Å². The number of nitro benzene ring substituents is 1. The highest BCUT2D eigenvalue weighted by Crippen LogP contribution is 2.31. The Hall–Kier alpha value is -2.78. The van der Waals surface area contributed by atoms with Gasteiger partial charge in [-0.15, -0.1) is 10.2 Å². The monoisotopic (exact) mass is 299 g/mol. The van der Waals surface area contributed by atoms with Crippen molar-refractivity contribution in [2.24, 2.45) is 7.05 Å². The number of halogens is 2. The van der Waals surface area contributed by atoms with Crippen molar-refractivity contribution in [2.45, 2.75) is 13.2 Å². The fourth-order valence-corrected chi connectivity index (χ4v) is 1.61. The van der Waals surface area contributed by atoms with Crippen LogP contribution in [0.2, 0.25) is 0 Å². The number of nitrogens with zero attached hydrogens (tertiary/aromatic N) is 4. The topological polar surface area (TPSA) is 95.1 Å². The SMILES string of the molecule is Cn1cnnc1CNc1ccc([N+](=O)[O-])c(OC(F)F)c1. The zero-order chi connectivity index (χ0) is 15.4. The van der Waals surface area contributed by atoms with Crippen LogP contribution in [0.15, 0.2) is 24.5 Å². The van der Waals surface area contributed by atoms with Gasteiger partial charge in [0.2, 0.25) is 5.75 Å². The van der Waals surface area contributed by atoms with Crippen LogP contribution in [0.1, 0.15) is 5.82 Å². The second-order valence-electron chi connectivity index (χ2n) is 4.03. The minimum Gasteiger partial charge on any atom is -0.427 e. The predicted octanol–water partition coefficient (Wildman–Crippen LogP) is 1.94. The molecule has 0 aliphatic rings. The number of benzene rings is 1. The smallest absolute Gasteiger partial charge is 0.387 e. The number of nitrogens with one attached hydrogen (secondary N) is 1. The van der Waals surface area contributed by atoms with Crippen molar-refractivity contribution in [3.05, 3.63) is 40.5 Å². The number of nitro groups is 1. The molecule has 2 rings (SSSR count). The van der Waals surface area contributed by atoms with Gasteiger partial charge in [0.25, 0.3) is 0 Å². The van der Waals surface area contributed by atoms with Crippen LogP contribution >= 0.6 is 0 Å².